The number of aromatic nitrogens is 1. The molecule has 0 aliphatic heterocycles. The Hall–Kier alpha value is -1.57. The van der Waals surface area contributed by atoms with Gasteiger partial charge in [0.15, 0.2) is 0 Å². The van der Waals surface area contributed by atoms with Crippen molar-refractivity contribution in [3.8, 4) is 5.75 Å². The van der Waals surface area contributed by atoms with E-state index in [4.69, 9.17) is 4.74 Å². The third-order valence-electron chi connectivity index (χ3n) is 2.80. The molecule has 0 aliphatic rings. The van der Waals surface area contributed by atoms with E-state index in [0.717, 1.165) is 29.7 Å². The molecule has 16 heavy (non-hydrogen) atoms. The fraction of sp³-hybridized carbons (Fsp3) is 0.357. The molecule has 0 spiro atoms. The van der Waals surface area contributed by atoms with Gasteiger partial charge in [0.25, 0.3) is 0 Å². The minimum atomic E-state index is 0.589. The van der Waals surface area contributed by atoms with E-state index in [1.807, 2.05) is 24.3 Å². The Balaban J connectivity index is 2.13. The average molecular weight is 215 g/mol. The maximum Gasteiger partial charge on any atom is 0.138 e. The highest BCUT2D eigenvalue weighted by Gasteiger charge is 2.01. The van der Waals surface area contributed by atoms with Crippen LogP contribution in [0.3, 0.4) is 0 Å². The van der Waals surface area contributed by atoms with E-state index in [1.165, 1.54) is 0 Å². The minimum Gasteiger partial charge on any atom is -0.492 e. The number of fused-ring (bicyclic) bond motifs is 1. The summed E-state index contributed by atoms with van der Waals surface area (Å²) in [5.41, 5.74) is 1.01. The highest BCUT2D eigenvalue weighted by molar-refractivity contribution is 5.79. The zero-order valence-corrected chi connectivity index (χ0v) is 9.81. The minimum absolute atomic E-state index is 0.589. The van der Waals surface area contributed by atoms with Crippen LogP contribution in [0.1, 0.15) is 20.3 Å². The molecular formula is C14H17NO. The van der Waals surface area contributed by atoms with Gasteiger partial charge >= 0.3 is 0 Å². The maximum atomic E-state index is 5.70. The lowest BCUT2D eigenvalue weighted by atomic mass is 10.1. The molecule has 1 aromatic heterocycles. The van der Waals surface area contributed by atoms with Crippen molar-refractivity contribution >= 4 is 10.9 Å². The smallest absolute Gasteiger partial charge is 0.138 e. The van der Waals surface area contributed by atoms with Crippen LogP contribution in [0.4, 0.5) is 0 Å². The van der Waals surface area contributed by atoms with Crippen molar-refractivity contribution in [2.75, 3.05) is 6.61 Å². The Morgan fingerprint density at radius 2 is 2.12 bits per heavy atom. The molecule has 2 aromatic rings. The highest BCUT2D eigenvalue weighted by atomic mass is 16.5. The van der Waals surface area contributed by atoms with Crippen molar-refractivity contribution < 1.29 is 4.74 Å². The van der Waals surface area contributed by atoms with Crippen molar-refractivity contribution in [2.24, 2.45) is 5.92 Å². The van der Waals surface area contributed by atoms with Crippen LogP contribution in [-0.4, -0.2) is 11.6 Å². The van der Waals surface area contributed by atoms with Gasteiger partial charge in [-0.3, -0.25) is 4.98 Å². The number of ether oxygens (including phenoxy) is 1. The van der Waals surface area contributed by atoms with E-state index in [0.29, 0.717) is 5.92 Å². The quantitative estimate of drug-likeness (QED) is 0.776. The maximum absolute atomic E-state index is 5.70. The van der Waals surface area contributed by atoms with Gasteiger partial charge in [0.1, 0.15) is 5.75 Å². The second kappa shape index (κ2) is 4.97. The first-order valence-electron chi connectivity index (χ1n) is 5.77. The summed E-state index contributed by atoms with van der Waals surface area (Å²) >= 11 is 0. The third kappa shape index (κ3) is 2.51. The van der Waals surface area contributed by atoms with E-state index >= 15 is 0 Å². The number of benzene rings is 1. The number of hydrogen-bond donors (Lipinski definition) is 0. The van der Waals surface area contributed by atoms with E-state index in [-0.39, 0.29) is 0 Å². The number of rotatable bonds is 4. The zero-order valence-electron chi connectivity index (χ0n) is 9.81. The van der Waals surface area contributed by atoms with Gasteiger partial charge in [-0.25, -0.2) is 0 Å². The molecule has 0 N–H and O–H groups in total. The average Bonchev–Trinajstić information content (AvgIpc) is 2.35. The topological polar surface area (TPSA) is 22.1 Å². The first-order valence-corrected chi connectivity index (χ1v) is 5.77. The van der Waals surface area contributed by atoms with Gasteiger partial charge in [-0.05, 0) is 18.1 Å². The van der Waals surface area contributed by atoms with Crippen LogP contribution in [-0.2, 0) is 0 Å². The molecule has 0 amide bonds. The SMILES string of the molecule is CCC(C)COc1cnc2ccccc2c1. The Bertz CT molecular complexity index is 467. The van der Waals surface area contributed by atoms with Crippen LogP contribution in [0, 0.1) is 5.92 Å². The van der Waals surface area contributed by atoms with Crippen LogP contribution in [0.5, 0.6) is 5.75 Å². The Kier molecular flexibility index (Phi) is 3.40. The molecule has 2 rings (SSSR count). The first-order chi connectivity index (χ1) is 7.79. The molecule has 84 valence electrons. The van der Waals surface area contributed by atoms with Crippen molar-refractivity contribution in [1.82, 2.24) is 4.98 Å². The largest absolute Gasteiger partial charge is 0.492 e. The summed E-state index contributed by atoms with van der Waals surface area (Å²) in [7, 11) is 0. The van der Waals surface area contributed by atoms with Gasteiger partial charge in [-0.2, -0.15) is 0 Å². The number of nitrogens with zero attached hydrogens (tertiary/aromatic N) is 1. The van der Waals surface area contributed by atoms with E-state index in [9.17, 15) is 0 Å². The molecule has 2 heteroatoms. The fourth-order valence-corrected chi connectivity index (χ4v) is 1.49. The molecule has 2 nitrogen and oxygen atoms in total. The van der Waals surface area contributed by atoms with Gasteiger partial charge in [0, 0.05) is 5.39 Å². The molecule has 0 aliphatic carbocycles. The molecule has 0 fully saturated rings. The molecule has 0 bridgehead atoms. The third-order valence-corrected chi connectivity index (χ3v) is 2.80. The summed E-state index contributed by atoms with van der Waals surface area (Å²) in [6.45, 7) is 5.12. The van der Waals surface area contributed by atoms with Crippen LogP contribution in [0.25, 0.3) is 10.9 Å². The van der Waals surface area contributed by atoms with Gasteiger partial charge in [0.05, 0.1) is 18.3 Å². The molecule has 1 unspecified atom stereocenters. The highest BCUT2D eigenvalue weighted by Crippen LogP contribution is 2.18. The molecule has 0 radical (unpaired) electrons. The predicted molar refractivity (Wildman–Crippen MR) is 66.7 cm³/mol. The van der Waals surface area contributed by atoms with Gasteiger partial charge < -0.3 is 4.74 Å². The molecule has 0 saturated heterocycles. The lowest BCUT2D eigenvalue weighted by molar-refractivity contribution is 0.256. The number of para-hydroxylation sites is 1. The van der Waals surface area contributed by atoms with Crippen LogP contribution in [0.15, 0.2) is 36.5 Å². The monoisotopic (exact) mass is 215 g/mol. The summed E-state index contributed by atoms with van der Waals surface area (Å²) in [5, 5.41) is 1.13. The Labute approximate surface area is 96.3 Å². The second-order valence-electron chi connectivity index (χ2n) is 4.19. The summed E-state index contributed by atoms with van der Waals surface area (Å²) < 4.78 is 5.70. The van der Waals surface area contributed by atoms with Gasteiger partial charge in [0.2, 0.25) is 0 Å². The summed E-state index contributed by atoms with van der Waals surface area (Å²) in [6, 6.07) is 10.1. The normalized spacial score (nSPS) is 12.6. The molecular weight excluding hydrogens is 198 g/mol. The van der Waals surface area contributed by atoms with E-state index in [1.54, 1.807) is 6.20 Å². The van der Waals surface area contributed by atoms with Gasteiger partial charge in [-0.15, -0.1) is 0 Å². The first kappa shape index (κ1) is 10.9. The van der Waals surface area contributed by atoms with E-state index < -0.39 is 0 Å². The Morgan fingerprint density at radius 3 is 2.94 bits per heavy atom. The van der Waals surface area contributed by atoms with Crippen molar-refractivity contribution in [1.29, 1.82) is 0 Å². The second-order valence-corrected chi connectivity index (χ2v) is 4.19. The van der Waals surface area contributed by atoms with Crippen LogP contribution >= 0.6 is 0 Å². The zero-order chi connectivity index (χ0) is 11.4. The summed E-state index contributed by atoms with van der Waals surface area (Å²) in [4.78, 5) is 4.36. The lowest BCUT2D eigenvalue weighted by Gasteiger charge is -2.10. The summed E-state index contributed by atoms with van der Waals surface area (Å²) in [6.07, 6.45) is 2.94. The van der Waals surface area contributed by atoms with Crippen LogP contribution in [0.2, 0.25) is 0 Å². The molecule has 1 heterocycles. The van der Waals surface area contributed by atoms with E-state index in [2.05, 4.69) is 24.9 Å². The fourth-order valence-electron chi connectivity index (χ4n) is 1.49. The molecule has 0 saturated carbocycles. The van der Waals surface area contributed by atoms with Crippen molar-refractivity contribution in [3.05, 3.63) is 36.5 Å². The van der Waals surface area contributed by atoms with Crippen LogP contribution < -0.4 is 4.74 Å². The standard InChI is InChI=1S/C14H17NO/c1-3-11(2)10-16-13-8-12-6-4-5-7-14(12)15-9-13/h4-9,11H,3,10H2,1-2H3. The summed E-state index contributed by atoms with van der Waals surface area (Å²) in [5.74, 6) is 1.45. The number of hydrogen-bond acceptors (Lipinski definition) is 2. The molecule has 1 aromatic carbocycles. The van der Waals surface area contributed by atoms with Gasteiger partial charge in [-0.1, -0.05) is 38.5 Å². The van der Waals surface area contributed by atoms with Crippen molar-refractivity contribution in [2.45, 2.75) is 20.3 Å². The lowest BCUT2D eigenvalue weighted by Crippen LogP contribution is -2.07. The number of pyridine rings is 1. The molecule has 1 atom stereocenters. The predicted octanol–water partition coefficient (Wildman–Crippen LogP) is 3.66. The van der Waals surface area contributed by atoms with Crippen molar-refractivity contribution in [3.63, 3.8) is 0 Å². The Morgan fingerprint density at radius 1 is 1.31 bits per heavy atom.